The lowest BCUT2D eigenvalue weighted by molar-refractivity contribution is -0.138. The van der Waals surface area contributed by atoms with Crippen LogP contribution >= 0.6 is 0 Å². The molecule has 0 spiro atoms. The molecule has 0 saturated carbocycles. The van der Waals surface area contributed by atoms with Crippen molar-refractivity contribution < 1.29 is 19.4 Å². The van der Waals surface area contributed by atoms with Crippen LogP contribution in [-0.4, -0.2) is 90.2 Å². The fraction of sp³-hybridized carbons (Fsp3) is 0.619. The van der Waals surface area contributed by atoms with Crippen LogP contribution in [0.25, 0.3) is 0 Å². The number of amides is 1. The minimum Gasteiger partial charge on any atom is -0.480 e. The fourth-order valence-electron chi connectivity index (χ4n) is 3.49. The average molecular weight is 392 g/mol. The third-order valence-corrected chi connectivity index (χ3v) is 5.07. The SMILES string of the molecule is CCN(Cc1ccc(C(=O)N2CCOC(CN(C)CC(=O)O)C2)cc1)C(C)C. The molecule has 2 rings (SSSR count). The lowest BCUT2D eigenvalue weighted by Gasteiger charge is -2.34. The molecule has 1 unspecified atom stereocenters. The van der Waals surface area contributed by atoms with Crippen molar-refractivity contribution in [2.24, 2.45) is 0 Å². The van der Waals surface area contributed by atoms with Crippen LogP contribution < -0.4 is 0 Å². The van der Waals surface area contributed by atoms with Crippen LogP contribution in [0.2, 0.25) is 0 Å². The van der Waals surface area contributed by atoms with Gasteiger partial charge in [0.1, 0.15) is 0 Å². The van der Waals surface area contributed by atoms with E-state index >= 15 is 0 Å². The van der Waals surface area contributed by atoms with Gasteiger partial charge in [0.15, 0.2) is 0 Å². The number of hydrogen-bond donors (Lipinski definition) is 1. The topological polar surface area (TPSA) is 73.3 Å². The zero-order valence-corrected chi connectivity index (χ0v) is 17.4. The summed E-state index contributed by atoms with van der Waals surface area (Å²) in [7, 11) is 1.74. The summed E-state index contributed by atoms with van der Waals surface area (Å²) >= 11 is 0. The van der Waals surface area contributed by atoms with E-state index in [1.807, 2.05) is 24.3 Å². The summed E-state index contributed by atoms with van der Waals surface area (Å²) < 4.78 is 5.71. The molecule has 28 heavy (non-hydrogen) atoms. The van der Waals surface area contributed by atoms with Gasteiger partial charge < -0.3 is 14.7 Å². The van der Waals surface area contributed by atoms with Crippen LogP contribution in [0.4, 0.5) is 0 Å². The number of carboxylic acids is 1. The molecule has 1 atom stereocenters. The zero-order chi connectivity index (χ0) is 20.7. The van der Waals surface area contributed by atoms with Gasteiger partial charge in [0.05, 0.1) is 19.3 Å². The summed E-state index contributed by atoms with van der Waals surface area (Å²) in [5.74, 6) is -0.873. The van der Waals surface area contributed by atoms with E-state index in [-0.39, 0.29) is 18.6 Å². The summed E-state index contributed by atoms with van der Waals surface area (Å²) in [6, 6.07) is 8.32. The van der Waals surface area contributed by atoms with Crippen molar-refractivity contribution in [2.75, 3.05) is 46.4 Å². The maximum atomic E-state index is 12.9. The summed E-state index contributed by atoms with van der Waals surface area (Å²) in [5, 5.41) is 8.88. The fourth-order valence-corrected chi connectivity index (χ4v) is 3.49. The van der Waals surface area contributed by atoms with Crippen molar-refractivity contribution in [2.45, 2.75) is 39.5 Å². The van der Waals surface area contributed by atoms with Crippen molar-refractivity contribution in [3.05, 3.63) is 35.4 Å². The highest BCUT2D eigenvalue weighted by atomic mass is 16.5. The standard InChI is InChI=1S/C21H33N3O4/c1-5-23(16(2)3)12-17-6-8-18(9-7-17)21(27)24-10-11-28-19(14-24)13-22(4)15-20(25)26/h6-9,16,19H,5,10-15H2,1-4H3,(H,25,26). The molecular weight excluding hydrogens is 358 g/mol. The lowest BCUT2D eigenvalue weighted by atomic mass is 10.1. The summed E-state index contributed by atoms with van der Waals surface area (Å²) in [4.78, 5) is 29.5. The van der Waals surface area contributed by atoms with E-state index < -0.39 is 5.97 Å². The first-order valence-electron chi connectivity index (χ1n) is 9.94. The van der Waals surface area contributed by atoms with Crippen molar-refractivity contribution in [1.29, 1.82) is 0 Å². The van der Waals surface area contributed by atoms with Gasteiger partial charge >= 0.3 is 5.97 Å². The molecule has 1 heterocycles. The van der Waals surface area contributed by atoms with Gasteiger partial charge in [-0.05, 0) is 45.1 Å². The quantitative estimate of drug-likeness (QED) is 0.692. The number of morpholine rings is 1. The van der Waals surface area contributed by atoms with Gasteiger partial charge in [-0.1, -0.05) is 19.1 Å². The predicted octanol–water partition coefficient (Wildman–Crippen LogP) is 1.77. The molecule has 7 heteroatoms. The molecule has 1 aliphatic heterocycles. The van der Waals surface area contributed by atoms with E-state index in [0.29, 0.717) is 37.8 Å². The molecule has 1 aromatic carbocycles. The Bertz CT molecular complexity index is 648. The molecule has 1 fully saturated rings. The number of likely N-dealkylation sites (N-methyl/N-ethyl adjacent to an activating group) is 1. The van der Waals surface area contributed by atoms with Crippen LogP contribution in [0.3, 0.4) is 0 Å². The zero-order valence-electron chi connectivity index (χ0n) is 17.4. The molecule has 1 aliphatic rings. The molecule has 1 amide bonds. The molecule has 1 saturated heterocycles. The Morgan fingerprint density at radius 3 is 2.54 bits per heavy atom. The minimum absolute atomic E-state index is 0.00283. The van der Waals surface area contributed by atoms with Gasteiger partial charge in [0.25, 0.3) is 5.91 Å². The Kier molecular flexibility index (Phi) is 8.41. The molecule has 1 aromatic rings. The van der Waals surface area contributed by atoms with Gasteiger partial charge in [-0.25, -0.2) is 0 Å². The highest BCUT2D eigenvalue weighted by Crippen LogP contribution is 2.14. The minimum atomic E-state index is -0.870. The number of nitrogens with zero attached hydrogens (tertiary/aromatic N) is 3. The number of carbonyl (C=O) groups is 2. The van der Waals surface area contributed by atoms with Gasteiger partial charge in [0.2, 0.25) is 0 Å². The monoisotopic (exact) mass is 391 g/mol. The van der Waals surface area contributed by atoms with E-state index in [2.05, 4.69) is 25.7 Å². The Labute approximate surface area is 167 Å². The average Bonchev–Trinajstić information content (AvgIpc) is 2.65. The van der Waals surface area contributed by atoms with E-state index in [1.165, 1.54) is 5.56 Å². The largest absolute Gasteiger partial charge is 0.480 e. The normalized spacial score (nSPS) is 17.5. The van der Waals surface area contributed by atoms with Gasteiger partial charge in [-0.3, -0.25) is 19.4 Å². The molecule has 7 nitrogen and oxygen atoms in total. The van der Waals surface area contributed by atoms with E-state index in [4.69, 9.17) is 9.84 Å². The van der Waals surface area contributed by atoms with E-state index in [1.54, 1.807) is 16.8 Å². The van der Waals surface area contributed by atoms with Crippen LogP contribution in [0.1, 0.15) is 36.7 Å². The second kappa shape index (κ2) is 10.5. The van der Waals surface area contributed by atoms with Crippen LogP contribution in [0.15, 0.2) is 24.3 Å². The third-order valence-electron chi connectivity index (χ3n) is 5.07. The Hall–Kier alpha value is -1.96. The van der Waals surface area contributed by atoms with Crippen molar-refractivity contribution in [3.63, 3.8) is 0 Å². The van der Waals surface area contributed by atoms with Crippen molar-refractivity contribution >= 4 is 11.9 Å². The second-order valence-corrected chi connectivity index (χ2v) is 7.69. The highest BCUT2D eigenvalue weighted by Gasteiger charge is 2.26. The smallest absolute Gasteiger partial charge is 0.317 e. The molecule has 1 N–H and O–H groups in total. The first-order chi connectivity index (χ1) is 13.3. The van der Waals surface area contributed by atoms with Crippen molar-refractivity contribution in [1.82, 2.24) is 14.7 Å². The van der Waals surface area contributed by atoms with Crippen LogP contribution in [-0.2, 0) is 16.1 Å². The molecule has 0 aromatic heterocycles. The molecule has 156 valence electrons. The number of rotatable bonds is 9. The second-order valence-electron chi connectivity index (χ2n) is 7.69. The number of carbonyl (C=O) groups excluding carboxylic acids is 1. The summed E-state index contributed by atoms with van der Waals surface area (Å²) in [6.07, 6.45) is -0.175. The third kappa shape index (κ3) is 6.58. The van der Waals surface area contributed by atoms with Crippen molar-refractivity contribution in [3.8, 4) is 0 Å². The number of ether oxygens (including phenoxy) is 1. The first kappa shape index (κ1) is 22.3. The Morgan fingerprint density at radius 1 is 1.29 bits per heavy atom. The van der Waals surface area contributed by atoms with Gasteiger partial charge in [-0.15, -0.1) is 0 Å². The summed E-state index contributed by atoms with van der Waals surface area (Å²) in [5.41, 5.74) is 1.87. The molecule has 0 bridgehead atoms. The predicted molar refractivity (Wildman–Crippen MR) is 108 cm³/mol. The Balaban J connectivity index is 1.94. The Morgan fingerprint density at radius 2 is 1.96 bits per heavy atom. The van der Waals surface area contributed by atoms with Gasteiger partial charge in [-0.2, -0.15) is 0 Å². The van der Waals surface area contributed by atoms with E-state index in [0.717, 1.165) is 13.1 Å². The molecule has 0 radical (unpaired) electrons. The summed E-state index contributed by atoms with van der Waals surface area (Å²) in [6.45, 7) is 10.3. The van der Waals surface area contributed by atoms with Crippen LogP contribution in [0, 0.1) is 0 Å². The maximum Gasteiger partial charge on any atom is 0.317 e. The number of carboxylic acid groups (broad SMARTS) is 1. The number of benzene rings is 1. The molecule has 0 aliphatic carbocycles. The maximum absolute atomic E-state index is 12.9. The van der Waals surface area contributed by atoms with E-state index in [9.17, 15) is 9.59 Å². The first-order valence-corrected chi connectivity index (χ1v) is 9.94. The number of hydrogen-bond acceptors (Lipinski definition) is 5. The highest BCUT2D eigenvalue weighted by molar-refractivity contribution is 5.94. The van der Waals surface area contributed by atoms with Crippen LogP contribution in [0.5, 0.6) is 0 Å². The van der Waals surface area contributed by atoms with Gasteiger partial charge in [0, 0.05) is 37.8 Å². The lowest BCUT2D eigenvalue weighted by Crippen LogP contribution is -2.49. The molecular formula is C21H33N3O4. The number of aliphatic carboxylic acids is 1.